The summed E-state index contributed by atoms with van der Waals surface area (Å²) >= 11 is 5.99. The fraction of sp³-hybridized carbons (Fsp3) is 0.250. The number of halogens is 1. The van der Waals surface area contributed by atoms with E-state index in [0.717, 1.165) is 5.56 Å². The van der Waals surface area contributed by atoms with E-state index in [1.807, 2.05) is 6.92 Å². The quantitative estimate of drug-likeness (QED) is 0.865. The Kier molecular flexibility index (Phi) is 3.96. The summed E-state index contributed by atoms with van der Waals surface area (Å²) in [5, 5.41) is 3.46. The Labute approximate surface area is 161 Å². The van der Waals surface area contributed by atoms with Crippen LogP contribution >= 0.6 is 11.6 Å². The number of amides is 3. The van der Waals surface area contributed by atoms with Gasteiger partial charge in [0.2, 0.25) is 11.6 Å². The monoisotopic (exact) mass is 383 g/mol. The van der Waals surface area contributed by atoms with E-state index in [9.17, 15) is 14.4 Å². The van der Waals surface area contributed by atoms with Crippen molar-refractivity contribution in [2.45, 2.75) is 25.4 Å². The van der Waals surface area contributed by atoms with Crippen LogP contribution in [0.1, 0.15) is 28.8 Å². The van der Waals surface area contributed by atoms with Gasteiger partial charge in [-0.05, 0) is 42.8 Å². The van der Waals surface area contributed by atoms with Crippen molar-refractivity contribution in [3.05, 3.63) is 58.6 Å². The van der Waals surface area contributed by atoms with E-state index in [1.54, 1.807) is 49.5 Å². The molecule has 4 rings (SSSR count). The van der Waals surface area contributed by atoms with Crippen LogP contribution in [-0.4, -0.2) is 35.3 Å². The molecule has 1 saturated heterocycles. The molecular formula is C20H18ClN3O3. The van der Waals surface area contributed by atoms with Crippen LogP contribution in [0.2, 0.25) is 5.02 Å². The molecule has 2 aromatic carbocycles. The smallest absolute Gasteiger partial charge is 0.271 e. The predicted octanol–water partition coefficient (Wildman–Crippen LogP) is 3.20. The molecule has 2 aliphatic heterocycles. The molecule has 0 spiro atoms. The van der Waals surface area contributed by atoms with Crippen LogP contribution < -0.4 is 10.2 Å². The number of benzene rings is 2. The van der Waals surface area contributed by atoms with Crippen LogP contribution in [0, 0.1) is 6.92 Å². The largest absolute Gasteiger partial charge is 0.322 e. The van der Waals surface area contributed by atoms with E-state index in [-0.39, 0.29) is 24.7 Å². The van der Waals surface area contributed by atoms with Gasteiger partial charge >= 0.3 is 0 Å². The van der Waals surface area contributed by atoms with Gasteiger partial charge in [-0.15, -0.1) is 0 Å². The average Bonchev–Trinajstić information content (AvgIpc) is 3.01. The van der Waals surface area contributed by atoms with E-state index in [1.165, 1.54) is 9.80 Å². The van der Waals surface area contributed by atoms with E-state index in [2.05, 4.69) is 5.32 Å². The summed E-state index contributed by atoms with van der Waals surface area (Å²) in [6.07, 6.45) is 0.430. The molecule has 0 saturated carbocycles. The van der Waals surface area contributed by atoms with Crippen LogP contribution in [0.3, 0.4) is 0 Å². The topological polar surface area (TPSA) is 69.7 Å². The van der Waals surface area contributed by atoms with Crippen molar-refractivity contribution in [3.8, 4) is 0 Å². The lowest BCUT2D eigenvalue weighted by Gasteiger charge is -2.47. The van der Waals surface area contributed by atoms with Gasteiger partial charge in [0.25, 0.3) is 11.8 Å². The first-order chi connectivity index (χ1) is 12.9. The van der Waals surface area contributed by atoms with Crippen LogP contribution in [0.5, 0.6) is 0 Å². The second kappa shape index (κ2) is 6.09. The maximum absolute atomic E-state index is 13.4. The number of nitrogens with zero attached hydrogens (tertiary/aromatic N) is 2. The number of carbonyl (C=O) groups excluding carboxylic acids is 3. The SMILES string of the molecule is Cc1cc(Cl)ccc1NC(=O)C12CCC(=O)N1c1ccccc1C(=O)N2C. The van der Waals surface area contributed by atoms with Crippen LogP contribution in [0.15, 0.2) is 42.5 Å². The highest BCUT2D eigenvalue weighted by molar-refractivity contribution is 6.30. The highest BCUT2D eigenvalue weighted by atomic mass is 35.5. The van der Waals surface area contributed by atoms with Crippen molar-refractivity contribution in [1.29, 1.82) is 0 Å². The number of aryl methyl sites for hydroxylation is 1. The first kappa shape index (κ1) is 17.5. The first-order valence-corrected chi connectivity index (χ1v) is 9.02. The molecule has 1 fully saturated rings. The second-order valence-corrected chi connectivity index (χ2v) is 7.28. The van der Waals surface area contributed by atoms with Gasteiger partial charge in [-0.3, -0.25) is 19.3 Å². The van der Waals surface area contributed by atoms with E-state index < -0.39 is 11.6 Å². The molecule has 2 aliphatic rings. The van der Waals surface area contributed by atoms with Crippen LogP contribution in [-0.2, 0) is 9.59 Å². The Morgan fingerprint density at radius 2 is 1.93 bits per heavy atom. The molecule has 1 unspecified atom stereocenters. The van der Waals surface area contributed by atoms with E-state index in [0.29, 0.717) is 22.0 Å². The number of likely N-dealkylation sites (N-methyl/N-ethyl adjacent to an activating group) is 1. The van der Waals surface area contributed by atoms with Gasteiger partial charge in [-0.2, -0.15) is 0 Å². The zero-order chi connectivity index (χ0) is 19.3. The van der Waals surface area contributed by atoms with Crippen molar-refractivity contribution in [2.75, 3.05) is 17.3 Å². The maximum Gasteiger partial charge on any atom is 0.271 e. The van der Waals surface area contributed by atoms with Gasteiger partial charge in [0.05, 0.1) is 11.3 Å². The number of carbonyl (C=O) groups is 3. The molecule has 6 nitrogen and oxygen atoms in total. The van der Waals surface area contributed by atoms with Gasteiger partial charge in [-0.25, -0.2) is 0 Å². The molecule has 2 heterocycles. The molecule has 1 N–H and O–H groups in total. The Morgan fingerprint density at radius 1 is 1.19 bits per heavy atom. The van der Waals surface area contributed by atoms with Gasteiger partial charge < -0.3 is 10.2 Å². The molecule has 7 heteroatoms. The number of fused-ring (bicyclic) bond motifs is 3. The minimum atomic E-state index is -1.38. The minimum Gasteiger partial charge on any atom is -0.322 e. The minimum absolute atomic E-state index is 0.176. The number of nitrogens with one attached hydrogen (secondary N) is 1. The first-order valence-electron chi connectivity index (χ1n) is 8.64. The van der Waals surface area contributed by atoms with E-state index in [4.69, 9.17) is 11.6 Å². The fourth-order valence-corrected chi connectivity index (χ4v) is 4.14. The molecule has 1 atom stereocenters. The van der Waals surface area contributed by atoms with Crippen LogP contribution in [0.4, 0.5) is 11.4 Å². The summed E-state index contributed by atoms with van der Waals surface area (Å²) in [5.41, 5.74) is 0.910. The molecule has 0 aliphatic carbocycles. The zero-order valence-electron chi connectivity index (χ0n) is 15.0. The van der Waals surface area contributed by atoms with Crippen molar-refractivity contribution in [2.24, 2.45) is 0 Å². The third-order valence-corrected chi connectivity index (χ3v) is 5.58. The molecule has 0 radical (unpaired) electrons. The summed E-state index contributed by atoms with van der Waals surface area (Å²) < 4.78 is 0. The Bertz CT molecular complexity index is 990. The van der Waals surface area contributed by atoms with Gasteiger partial charge in [0.1, 0.15) is 0 Å². The summed E-state index contributed by atoms with van der Waals surface area (Å²) in [5.74, 6) is -0.867. The number of anilines is 2. The highest BCUT2D eigenvalue weighted by Gasteiger charge is 2.59. The molecule has 0 bridgehead atoms. The van der Waals surface area contributed by atoms with Gasteiger partial charge in [0.15, 0.2) is 0 Å². The Hall–Kier alpha value is -2.86. The lowest BCUT2D eigenvalue weighted by molar-refractivity contribution is -0.128. The normalized spacial score (nSPS) is 21.1. The number of hydrogen-bond acceptors (Lipinski definition) is 3. The Morgan fingerprint density at radius 3 is 2.67 bits per heavy atom. The summed E-state index contributed by atoms with van der Waals surface area (Å²) in [4.78, 5) is 41.8. The maximum atomic E-state index is 13.4. The van der Waals surface area contributed by atoms with E-state index >= 15 is 0 Å². The summed E-state index contributed by atoms with van der Waals surface area (Å²) in [6, 6.07) is 12.0. The van der Waals surface area contributed by atoms with Crippen molar-refractivity contribution in [3.63, 3.8) is 0 Å². The number of para-hydroxylation sites is 1. The van der Waals surface area contributed by atoms with Crippen LogP contribution in [0.25, 0.3) is 0 Å². The lowest BCUT2D eigenvalue weighted by atomic mass is 9.96. The number of rotatable bonds is 2. The summed E-state index contributed by atoms with van der Waals surface area (Å²) in [6.45, 7) is 1.84. The molecular weight excluding hydrogens is 366 g/mol. The predicted molar refractivity (Wildman–Crippen MR) is 103 cm³/mol. The average molecular weight is 384 g/mol. The molecule has 2 aromatic rings. The highest BCUT2D eigenvalue weighted by Crippen LogP contribution is 2.44. The zero-order valence-corrected chi connectivity index (χ0v) is 15.7. The fourth-order valence-electron chi connectivity index (χ4n) is 3.92. The standard InChI is InChI=1S/C20H18ClN3O3/c1-12-11-13(21)7-8-15(12)22-19(27)20-10-9-17(25)24(20)16-6-4-3-5-14(16)18(26)23(20)2/h3-8,11H,9-10H2,1-2H3,(H,22,27). The third-order valence-electron chi connectivity index (χ3n) is 5.34. The molecule has 138 valence electrons. The van der Waals surface area contributed by atoms with Crippen molar-refractivity contribution < 1.29 is 14.4 Å². The van der Waals surface area contributed by atoms with Crippen molar-refractivity contribution >= 4 is 40.7 Å². The van der Waals surface area contributed by atoms with Crippen molar-refractivity contribution in [1.82, 2.24) is 4.90 Å². The summed E-state index contributed by atoms with van der Waals surface area (Å²) in [7, 11) is 1.57. The van der Waals surface area contributed by atoms with Gasteiger partial charge in [-0.1, -0.05) is 23.7 Å². The second-order valence-electron chi connectivity index (χ2n) is 6.84. The number of hydrogen-bond donors (Lipinski definition) is 1. The molecule has 0 aromatic heterocycles. The van der Waals surface area contributed by atoms with Gasteiger partial charge in [0, 0.05) is 30.6 Å². The molecule has 27 heavy (non-hydrogen) atoms. The third kappa shape index (κ3) is 2.44. The molecule has 3 amide bonds. The Balaban J connectivity index is 1.81. The lowest BCUT2D eigenvalue weighted by Crippen LogP contribution is -2.68.